The first-order valence-electron chi connectivity index (χ1n) is 7.02. The van der Waals surface area contributed by atoms with Gasteiger partial charge in [-0.3, -0.25) is 9.59 Å². The molecule has 2 rings (SSSR count). The van der Waals surface area contributed by atoms with Crippen LogP contribution in [0.4, 0.5) is 15.9 Å². The molecule has 1 atom stereocenters. The number of hydrogen-bond donors (Lipinski definition) is 3. The maximum atomic E-state index is 13.0. The first kappa shape index (κ1) is 16.6. The predicted molar refractivity (Wildman–Crippen MR) is 81.5 cm³/mol. The largest absolute Gasteiger partial charge is 0.360 e. The second kappa shape index (κ2) is 7.50. The van der Waals surface area contributed by atoms with Crippen molar-refractivity contribution in [2.45, 2.75) is 6.92 Å². The van der Waals surface area contributed by atoms with Crippen LogP contribution in [-0.4, -0.2) is 37.1 Å². The number of carbonyl (C=O) groups excluding carboxylic acids is 2. The number of rotatable bonds is 6. The minimum atomic E-state index is -0.425. The maximum Gasteiger partial charge on any atom is 0.280 e. The molecule has 7 nitrogen and oxygen atoms in total. The fourth-order valence-corrected chi connectivity index (χ4v) is 1.99. The highest BCUT2D eigenvalue weighted by molar-refractivity contribution is 5.92. The van der Waals surface area contributed by atoms with E-state index < -0.39 is 5.82 Å². The Kier molecular flexibility index (Phi) is 5.42. The van der Waals surface area contributed by atoms with E-state index in [-0.39, 0.29) is 24.9 Å². The first-order chi connectivity index (χ1) is 10.9. The molecule has 0 spiro atoms. The van der Waals surface area contributed by atoms with E-state index in [0.717, 1.165) is 0 Å². The lowest BCUT2D eigenvalue weighted by atomic mass is 10.3. The predicted octanol–water partition coefficient (Wildman–Crippen LogP) is 0.214. The number of amides is 2. The third-order valence-electron chi connectivity index (χ3n) is 2.93. The standard InChI is InChI=1S/C15H17FN4O3/c1-10-6-13(19-23-10)18-15(22)9-20(2)8-14(21)17-12-5-3-4-11(16)7-12/h3-7H,8-9H2,1-2H3,(H,17,21)(H,18,19,22)/p+1. The quantitative estimate of drug-likeness (QED) is 0.710. The molecule has 1 aromatic carbocycles. The Morgan fingerprint density at radius 2 is 1.91 bits per heavy atom. The number of anilines is 2. The number of aromatic nitrogens is 1. The summed E-state index contributed by atoms with van der Waals surface area (Å²) in [4.78, 5) is 24.4. The van der Waals surface area contributed by atoms with Gasteiger partial charge < -0.3 is 20.1 Å². The van der Waals surface area contributed by atoms with E-state index in [2.05, 4.69) is 15.8 Å². The van der Waals surface area contributed by atoms with E-state index in [1.165, 1.54) is 18.2 Å². The Balaban J connectivity index is 1.78. The van der Waals surface area contributed by atoms with Crippen LogP contribution in [0, 0.1) is 12.7 Å². The summed E-state index contributed by atoms with van der Waals surface area (Å²) in [7, 11) is 1.71. The minimum absolute atomic E-state index is 0.0712. The maximum absolute atomic E-state index is 13.0. The molecule has 3 N–H and O–H groups in total. The number of carbonyl (C=O) groups is 2. The van der Waals surface area contributed by atoms with Gasteiger partial charge in [0, 0.05) is 11.8 Å². The number of aryl methyl sites for hydroxylation is 1. The molecular weight excluding hydrogens is 303 g/mol. The van der Waals surface area contributed by atoms with Crippen LogP contribution in [0.5, 0.6) is 0 Å². The molecule has 1 aromatic heterocycles. The Labute approximate surface area is 132 Å². The summed E-state index contributed by atoms with van der Waals surface area (Å²) in [6.07, 6.45) is 0. The van der Waals surface area contributed by atoms with Crippen LogP contribution in [0.25, 0.3) is 0 Å². The Bertz CT molecular complexity index is 702. The smallest absolute Gasteiger partial charge is 0.280 e. The normalized spacial score (nSPS) is 11.8. The molecule has 0 radical (unpaired) electrons. The van der Waals surface area contributed by atoms with Crippen LogP contribution in [0.15, 0.2) is 34.9 Å². The molecule has 0 bridgehead atoms. The van der Waals surface area contributed by atoms with Crippen molar-refractivity contribution in [3.63, 3.8) is 0 Å². The molecule has 0 saturated heterocycles. The fraction of sp³-hybridized carbons (Fsp3) is 0.267. The topological polar surface area (TPSA) is 88.7 Å². The average molecular weight is 321 g/mol. The molecule has 8 heteroatoms. The summed E-state index contributed by atoms with van der Waals surface area (Å²) in [5.74, 6) is -0.0849. The third-order valence-corrected chi connectivity index (χ3v) is 2.93. The van der Waals surface area contributed by atoms with Crippen molar-refractivity contribution >= 4 is 23.3 Å². The Hall–Kier alpha value is -2.74. The third kappa shape index (κ3) is 5.51. The van der Waals surface area contributed by atoms with Crippen molar-refractivity contribution in [1.29, 1.82) is 0 Å². The first-order valence-corrected chi connectivity index (χ1v) is 7.02. The van der Waals surface area contributed by atoms with Gasteiger partial charge in [-0.1, -0.05) is 11.2 Å². The number of likely N-dealkylation sites (N-methyl/N-ethyl adjacent to an activating group) is 1. The fourth-order valence-electron chi connectivity index (χ4n) is 1.99. The minimum Gasteiger partial charge on any atom is -0.360 e. The van der Waals surface area contributed by atoms with E-state index in [4.69, 9.17) is 4.52 Å². The van der Waals surface area contributed by atoms with Crippen LogP contribution in [0.3, 0.4) is 0 Å². The van der Waals surface area contributed by atoms with E-state index in [1.54, 1.807) is 26.1 Å². The van der Waals surface area contributed by atoms with E-state index in [1.807, 2.05) is 0 Å². The molecular formula is C15H18FN4O3+. The molecule has 0 fully saturated rings. The highest BCUT2D eigenvalue weighted by Gasteiger charge is 2.15. The van der Waals surface area contributed by atoms with Crippen LogP contribution >= 0.6 is 0 Å². The van der Waals surface area contributed by atoms with Crippen molar-refractivity contribution in [3.8, 4) is 0 Å². The highest BCUT2D eigenvalue weighted by Crippen LogP contribution is 2.08. The molecule has 2 amide bonds. The van der Waals surface area contributed by atoms with E-state index in [9.17, 15) is 14.0 Å². The number of nitrogens with one attached hydrogen (secondary N) is 3. The van der Waals surface area contributed by atoms with Crippen LogP contribution < -0.4 is 15.5 Å². The lowest BCUT2D eigenvalue weighted by Gasteiger charge is -2.13. The molecule has 1 unspecified atom stereocenters. The van der Waals surface area contributed by atoms with Crippen molar-refractivity contribution in [3.05, 3.63) is 41.9 Å². The van der Waals surface area contributed by atoms with Crippen LogP contribution in [-0.2, 0) is 9.59 Å². The van der Waals surface area contributed by atoms with Gasteiger partial charge in [0.05, 0.1) is 7.05 Å². The van der Waals surface area contributed by atoms with Gasteiger partial charge >= 0.3 is 0 Å². The summed E-state index contributed by atoms with van der Waals surface area (Å²) < 4.78 is 17.9. The highest BCUT2D eigenvalue weighted by atomic mass is 19.1. The summed E-state index contributed by atoms with van der Waals surface area (Å²) in [6.45, 7) is 1.88. The lowest BCUT2D eigenvalue weighted by Crippen LogP contribution is -3.11. The lowest BCUT2D eigenvalue weighted by molar-refractivity contribution is -0.862. The number of nitrogens with zero attached hydrogens (tertiary/aromatic N) is 1. The molecule has 0 aliphatic rings. The van der Waals surface area contributed by atoms with Gasteiger partial charge in [0.1, 0.15) is 11.6 Å². The van der Waals surface area contributed by atoms with Gasteiger partial charge in [0.2, 0.25) is 0 Å². The second-order valence-corrected chi connectivity index (χ2v) is 5.24. The van der Waals surface area contributed by atoms with Gasteiger partial charge in [-0.05, 0) is 25.1 Å². The summed E-state index contributed by atoms with van der Waals surface area (Å²) in [5.41, 5.74) is 0.380. The Morgan fingerprint density at radius 1 is 1.22 bits per heavy atom. The summed E-state index contributed by atoms with van der Waals surface area (Å²) in [6, 6.07) is 7.23. The summed E-state index contributed by atoms with van der Waals surface area (Å²) >= 11 is 0. The van der Waals surface area contributed by atoms with Crippen LogP contribution in [0.2, 0.25) is 0 Å². The van der Waals surface area contributed by atoms with Crippen molar-refractivity contribution < 1.29 is 23.4 Å². The zero-order valence-electron chi connectivity index (χ0n) is 12.9. The molecule has 0 saturated carbocycles. The average Bonchev–Trinajstić information content (AvgIpc) is 2.83. The molecule has 0 aliphatic heterocycles. The van der Waals surface area contributed by atoms with Gasteiger partial charge in [-0.2, -0.15) is 0 Å². The zero-order valence-corrected chi connectivity index (χ0v) is 12.9. The number of quaternary nitrogens is 1. The molecule has 2 aromatic rings. The van der Waals surface area contributed by atoms with Crippen molar-refractivity contribution in [1.82, 2.24) is 5.16 Å². The second-order valence-electron chi connectivity index (χ2n) is 5.24. The van der Waals surface area contributed by atoms with Gasteiger partial charge in [-0.15, -0.1) is 0 Å². The Morgan fingerprint density at radius 3 is 2.52 bits per heavy atom. The van der Waals surface area contributed by atoms with E-state index >= 15 is 0 Å². The van der Waals surface area contributed by atoms with Gasteiger partial charge in [0.25, 0.3) is 11.8 Å². The summed E-state index contributed by atoms with van der Waals surface area (Å²) in [5, 5.41) is 8.82. The van der Waals surface area contributed by atoms with Gasteiger partial charge in [-0.25, -0.2) is 4.39 Å². The number of hydrogen-bond acceptors (Lipinski definition) is 4. The number of halogens is 1. The van der Waals surface area contributed by atoms with Gasteiger partial charge in [0.15, 0.2) is 18.9 Å². The van der Waals surface area contributed by atoms with Crippen molar-refractivity contribution in [2.24, 2.45) is 0 Å². The molecule has 122 valence electrons. The SMILES string of the molecule is Cc1cc(NC(=O)C[NH+](C)CC(=O)Nc2cccc(F)c2)no1. The number of benzene rings is 1. The monoisotopic (exact) mass is 321 g/mol. The van der Waals surface area contributed by atoms with Crippen LogP contribution in [0.1, 0.15) is 5.76 Å². The zero-order chi connectivity index (χ0) is 16.8. The molecule has 23 heavy (non-hydrogen) atoms. The van der Waals surface area contributed by atoms with Crippen molar-refractivity contribution in [2.75, 3.05) is 30.8 Å². The van der Waals surface area contributed by atoms with E-state index in [0.29, 0.717) is 22.2 Å². The molecule has 1 heterocycles. The molecule has 0 aliphatic carbocycles.